The van der Waals surface area contributed by atoms with Gasteiger partial charge in [-0.15, -0.1) is 0 Å². The average Bonchev–Trinajstić information content (AvgIpc) is 3.41. The van der Waals surface area contributed by atoms with Gasteiger partial charge in [-0.05, 0) is 49.2 Å². The molecule has 0 bridgehead atoms. The number of carbonyl (C=O) groups is 3. The van der Waals surface area contributed by atoms with Gasteiger partial charge >= 0.3 is 6.03 Å². The molecule has 1 aliphatic carbocycles. The zero-order chi connectivity index (χ0) is 20.9. The lowest BCUT2D eigenvalue weighted by atomic mass is 10.1. The molecule has 30 heavy (non-hydrogen) atoms. The normalized spacial score (nSPS) is 16.2. The number of hydrogen-bond acceptors (Lipinski definition) is 3. The quantitative estimate of drug-likeness (QED) is 0.632. The van der Waals surface area contributed by atoms with Gasteiger partial charge in [0.15, 0.2) is 0 Å². The molecule has 1 saturated carbocycles. The van der Waals surface area contributed by atoms with Crippen molar-refractivity contribution in [2.24, 2.45) is 0 Å². The van der Waals surface area contributed by atoms with Crippen molar-refractivity contribution in [2.75, 3.05) is 18.0 Å². The summed E-state index contributed by atoms with van der Waals surface area (Å²) in [7, 11) is 0. The summed E-state index contributed by atoms with van der Waals surface area (Å²) >= 11 is 0. The zero-order valence-corrected chi connectivity index (χ0v) is 16.6. The van der Waals surface area contributed by atoms with Gasteiger partial charge < -0.3 is 4.90 Å². The highest BCUT2D eigenvalue weighted by Gasteiger charge is 2.29. The summed E-state index contributed by atoms with van der Waals surface area (Å²) in [6.07, 6.45) is 4.23. The second kappa shape index (κ2) is 8.83. The number of anilines is 1. The van der Waals surface area contributed by atoms with Crippen molar-refractivity contribution in [2.45, 2.75) is 31.7 Å². The topological polar surface area (TPSA) is 69.7 Å². The summed E-state index contributed by atoms with van der Waals surface area (Å²) in [4.78, 5) is 39.7. The Morgan fingerprint density at radius 2 is 1.73 bits per heavy atom. The van der Waals surface area contributed by atoms with Crippen LogP contribution in [0.3, 0.4) is 0 Å². The molecule has 1 N–H and O–H groups in total. The molecule has 1 aliphatic heterocycles. The molecule has 0 unspecified atom stereocenters. The van der Waals surface area contributed by atoms with Gasteiger partial charge in [0.2, 0.25) is 5.91 Å². The Kier molecular flexibility index (Phi) is 5.80. The molecule has 4 amide bonds. The van der Waals surface area contributed by atoms with Crippen LogP contribution in [0.5, 0.6) is 0 Å². The number of benzene rings is 2. The largest absolute Gasteiger partial charge is 0.329 e. The molecule has 0 radical (unpaired) electrons. The third kappa shape index (κ3) is 4.36. The maximum Gasteiger partial charge on any atom is 0.329 e. The van der Waals surface area contributed by atoms with Crippen LogP contribution in [0.4, 0.5) is 10.5 Å². The van der Waals surface area contributed by atoms with Gasteiger partial charge in [-0.1, -0.05) is 42.9 Å². The number of imide groups is 1. The summed E-state index contributed by atoms with van der Waals surface area (Å²) in [6, 6.07) is 16.3. The molecule has 2 aromatic rings. The van der Waals surface area contributed by atoms with Crippen molar-refractivity contribution in [3.8, 4) is 11.8 Å². The summed E-state index contributed by atoms with van der Waals surface area (Å²) in [6.45, 7) is 0.374. The van der Waals surface area contributed by atoms with Crippen LogP contribution in [0.2, 0.25) is 0 Å². The first kappa shape index (κ1) is 19.7. The fourth-order valence-electron chi connectivity index (χ4n) is 3.93. The third-order valence-corrected chi connectivity index (χ3v) is 5.50. The van der Waals surface area contributed by atoms with Crippen LogP contribution in [0.25, 0.3) is 0 Å². The minimum Gasteiger partial charge on any atom is -0.325 e. The Hall–Kier alpha value is -3.59. The Bertz CT molecular complexity index is 999. The molecule has 0 aromatic heterocycles. The number of nitrogens with one attached hydrogen (secondary N) is 1. The van der Waals surface area contributed by atoms with Crippen molar-refractivity contribution in [1.29, 1.82) is 0 Å². The molecule has 1 saturated heterocycles. The standard InChI is InChI=1S/C24H23N3O3/c28-22-17-27(24(30)25-22)21-14-12-19(13-15-21)23(29)26(20-10-4-5-11-20)16-6-9-18-7-2-1-3-8-18/h1-3,7-8,12-15,20H,4-5,10-11,16-17H2,(H,25,28,30). The van der Waals surface area contributed by atoms with Crippen molar-refractivity contribution in [1.82, 2.24) is 10.2 Å². The number of urea groups is 1. The molecular formula is C24H23N3O3. The van der Waals surface area contributed by atoms with Crippen LogP contribution in [0.15, 0.2) is 54.6 Å². The van der Waals surface area contributed by atoms with Gasteiger partial charge in [0.05, 0.1) is 6.54 Å². The molecule has 0 atom stereocenters. The minimum absolute atomic E-state index is 0.00456. The van der Waals surface area contributed by atoms with Crippen molar-refractivity contribution < 1.29 is 14.4 Å². The molecule has 0 spiro atoms. The van der Waals surface area contributed by atoms with Crippen LogP contribution >= 0.6 is 0 Å². The van der Waals surface area contributed by atoms with Gasteiger partial charge in [-0.25, -0.2) is 4.79 Å². The van der Waals surface area contributed by atoms with Crippen LogP contribution in [-0.4, -0.2) is 41.9 Å². The number of nitrogens with zero attached hydrogens (tertiary/aromatic N) is 2. The van der Waals surface area contributed by atoms with Gasteiger partial charge in [0.1, 0.15) is 6.54 Å². The molecule has 2 aliphatic rings. The Morgan fingerprint density at radius 1 is 1.03 bits per heavy atom. The molecule has 6 heteroatoms. The molecular weight excluding hydrogens is 378 g/mol. The molecule has 2 fully saturated rings. The van der Waals surface area contributed by atoms with Gasteiger partial charge in [-0.2, -0.15) is 0 Å². The third-order valence-electron chi connectivity index (χ3n) is 5.50. The fraction of sp³-hybridized carbons (Fsp3) is 0.292. The van der Waals surface area contributed by atoms with Crippen LogP contribution in [0.1, 0.15) is 41.6 Å². The van der Waals surface area contributed by atoms with E-state index in [1.807, 2.05) is 35.2 Å². The summed E-state index contributed by atoms with van der Waals surface area (Å²) in [5.41, 5.74) is 2.07. The minimum atomic E-state index is -0.442. The van der Waals surface area contributed by atoms with Crippen LogP contribution in [-0.2, 0) is 4.79 Å². The first-order chi connectivity index (χ1) is 14.6. The number of amides is 4. The predicted molar refractivity (Wildman–Crippen MR) is 114 cm³/mol. The van der Waals surface area contributed by atoms with Crippen molar-refractivity contribution >= 4 is 23.5 Å². The first-order valence-electron chi connectivity index (χ1n) is 10.2. The highest BCUT2D eigenvalue weighted by Crippen LogP contribution is 2.25. The predicted octanol–water partition coefficient (Wildman–Crippen LogP) is 3.18. The summed E-state index contributed by atoms with van der Waals surface area (Å²) in [5, 5.41) is 2.25. The van der Waals surface area contributed by atoms with E-state index in [4.69, 9.17) is 0 Å². The van der Waals surface area contributed by atoms with E-state index in [9.17, 15) is 14.4 Å². The number of hydrogen-bond donors (Lipinski definition) is 1. The second-order valence-electron chi connectivity index (χ2n) is 7.53. The monoisotopic (exact) mass is 401 g/mol. The van der Waals surface area contributed by atoms with E-state index in [0.29, 0.717) is 17.8 Å². The zero-order valence-electron chi connectivity index (χ0n) is 16.6. The maximum atomic E-state index is 13.2. The highest BCUT2D eigenvalue weighted by molar-refractivity contribution is 6.12. The highest BCUT2D eigenvalue weighted by atomic mass is 16.2. The second-order valence-corrected chi connectivity index (χ2v) is 7.53. The Labute approximate surface area is 175 Å². The molecule has 4 rings (SSSR count). The van der Waals surface area contributed by atoms with E-state index in [-0.39, 0.29) is 24.4 Å². The van der Waals surface area contributed by atoms with Gasteiger partial charge in [-0.3, -0.25) is 19.8 Å². The molecule has 152 valence electrons. The first-order valence-corrected chi connectivity index (χ1v) is 10.2. The summed E-state index contributed by atoms with van der Waals surface area (Å²) < 4.78 is 0. The van der Waals surface area contributed by atoms with E-state index < -0.39 is 6.03 Å². The Balaban J connectivity index is 1.50. The van der Waals surface area contributed by atoms with Gasteiger partial charge in [0.25, 0.3) is 5.91 Å². The van der Waals surface area contributed by atoms with Crippen molar-refractivity contribution in [3.05, 3.63) is 65.7 Å². The average molecular weight is 401 g/mol. The lowest BCUT2D eigenvalue weighted by Crippen LogP contribution is -2.39. The lowest BCUT2D eigenvalue weighted by molar-refractivity contribution is -0.117. The number of rotatable bonds is 4. The lowest BCUT2D eigenvalue weighted by Gasteiger charge is -2.27. The van der Waals surface area contributed by atoms with E-state index in [2.05, 4.69) is 17.2 Å². The Morgan fingerprint density at radius 3 is 2.37 bits per heavy atom. The number of carbonyl (C=O) groups excluding carboxylic acids is 3. The summed E-state index contributed by atoms with van der Waals surface area (Å²) in [5.74, 6) is 5.90. The SMILES string of the molecule is O=C1CN(c2ccc(C(=O)N(CC#Cc3ccccc3)C3CCCC3)cc2)C(=O)N1. The van der Waals surface area contributed by atoms with Gasteiger partial charge in [0, 0.05) is 22.9 Å². The molecule has 1 heterocycles. The van der Waals surface area contributed by atoms with E-state index >= 15 is 0 Å². The van der Waals surface area contributed by atoms with E-state index in [1.54, 1.807) is 24.3 Å². The molecule has 6 nitrogen and oxygen atoms in total. The smallest absolute Gasteiger partial charge is 0.325 e. The van der Waals surface area contributed by atoms with Crippen LogP contribution in [0, 0.1) is 11.8 Å². The fourth-order valence-corrected chi connectivity index (χ4v) is 3.93. The van der Waals surface area contributed by atoms with Crippen LogP contribution < -0.4 is 10.2 Å². The van der Waals surface area contributed by atoms with Crippen molar-refractivity contribution in [3.63, 3.8) is 0 Å². The molecule has 2 aromatic carbocycles. The van der Waals surface area contributed by atoms with E-state index in [1.165, 1.54) is 4.90 Å². The maximum absolute atomic E-state index is 13.2. The van der Waals surface area contributed by atoms with E-state index in [0.717, 1.165) is 31.2 Å².